The van der Waals surface area contributed by atoms with Crippen molar-refractivity contribution in [1.29, 1.82) is 0 Å². The van der Waals surface area contributed by atoms with Gasteiger partial charge in [0.25, 0.3) is 0 Å². The zero-order valence-electron chi connectivity index (χ0n) is 15.5. The molecule has 2 heterocycles. The van der Waals surface area contributed by atoms with E-state index in [4.69, 9.17) is 9.52 Å². The topological polar surface area (TPSA) is 76.2 Å². The summed E-state index contributed by atoms with van der Waals surface area (Å²) >= 11 is 0. The van der Waals surface area contributed by atoms with Gasteiger partial charge in [0.2, 0.25) is 0 Å². The third kappa shape index (κ3) is 4.16. The Morgan fingerprint density at radius 2 is 1.65 bits per heavy atom. The second-order valence-corrected chi connectivity index (χ2v) is 6.52. The van der Waals surface area contributed by atoms with Crippen LogP contribution in [0.1, 0.15) is 16.1 Å². The number of aromatic carboxylic acids is 1. The summed E-state index contributed by atoms with van der Waals surface area (Å²) in [5.41, 5.74) is -0.595. The molecule has 0 unspecified atom stereocenters. The Labute approximate surface area is 172 Å². The highest BCUT2D eigenvalue weighted by atomic mass is 19.4. The van der Waals surface area contributed by atoms with Crippen LogP contribution in [0.15, 0.2) is 71.3 Å². The number of carboxylic acid groups (broad SMARTS) is 1. The zero-order valence-corrected chi connectivity index (χ0v) is 15.5. The molecule has 1 N–H and O–H groups in total. The first-order valence-electron chi connectivity index (χ1n) is 8.86. The van der Waals surface area contributed by atoms with Crippen LogP contribution in [0.4, 0.5) is 17.6 Å². The van der Waals surface area contributed by atoms with Gasteiger partial charge in [0.05, 0.1) is 11.8 Å². The normalized spacial score (nSPS) is 11.5. The number of hydrogen-bond acceptors (Lipinski definition) is 4. The molecule has 5 nitrogen and oxygen atoms in total. The Balaban J connectivity index is 1.84. The van der Waals surface area contributed by atoms with E-state index in [1.165, 1.54) is 36.6 Å². The van der Waals surface area contributed by atoms with Gasteiger partial charge in [0.1, 0.15) is 17.2 Å². The molecule has 0 aliphatic rings. The van der Waals surface area contributed by atoms with Crippen LogP contribution in [0.3, 0.4) is 0 Å². The van der Waals surface area contributed by atoms with E-state index < -0.39 is 29.2 Å². The van der Waals surface area contributed by atoms with Crippen molar-refractivity contribution >= 4 is 5.97 Å². The molecule has 2 aromatic heterocycles. The van der Waals surface area contributed by atoms with E-state index in [2.05, 4.69) is 9.97 Å². The highest BCUT2D eigenvalue weighted by Crippen LogP contribution is 2.33. The van der Waals surface area contributed by atoms with Crippen LogP contribution in [0.2, 0.25) is 0 Å². The standard InChI is InChI=1S/C22H12F4N2O3/c23-16-7-6-13(10-15(16)21(29)30)12-3-1-4-14(9-12)20-27-17(18-5-2-8-31-18)11-19(28-20)22(24,25)26/h1-11H,(H,29,30). The van der Waals surface area contributed by atoms with Gasteiger partial charge in [0, 0.05) is 5.56 Å². The summed E-state index contributed by atoms with van der Waals surface area (Å²) in [4.78, 5) is 19.0. The van der Waals surface area contributed by atoms with Gasteiger partial charge in [0.15, 0.2) is 11.6 Å². The van der Waals surface area contributed by atoms with E-state index in [1.54, 1.807) is 12.1 Å². The summed E-state index contributed by atoms with van der Waals surface area (Å²) in [6.45, 7) is 0. The van der Waals surface area contributed by atoms with Crippen molar-refractivity contribution in [1.82, 2.24) is 9.97 Å². The van der Waals surface area contributed by atoms with Crippen molar-refractivity contribution in [2.75, 3.05) is 0 Å². The van der Waals surface area contributed by atoms with E-state index in [0.717, 1.165) is 18.2 Å². The predicted molar refractivity (Wildman–Crippen MR) is 103 cm³/mol. The lowest BCUT2D eigenvalue weighted by Crippen LogP contribution is -2.10. The molecule has 0 radical (unpaired) electrons. The van der Waals surface area contributed by atoms with Gasteiger partial charge in [-0.25, -0.2) is 19.2 Å². The lowest BCUT2D eigenvalue weighted by atomic mass is 10.0. The molecule has 0 aliphatic carbocycles. The van der Waals surface area contributed by atoms with Crippen molar-refractivity contribution in [3.05, 3.63) is 84.0 Å². The van der Waals surface area contributed by atoms with Crippen molar-refractivity contribution in [3.8, 4) is 34.0 Å². The molecular formula is C22H12F4N2O3. The number of aromatic nitrogens is 2. The number of nitrogens with zero attached hydrogens (tertiary/aromatic N) is 2. The summed E-state index contributed by atoms with van der Waals surface area (Å²) in [6.07, 6.45) is -3.39. The first-order chi connectivity index (χ1) is 14.7. The Bertz CT molecular complexity index is 1270. The Morgan fingerprint density at radius 1 is 0.903 bits per heavy atom. The van der Waals surface area contributed by atoms with Crippen LogP contribution < -0.4 is 0 Å². The third-order valence-electron chi connectivity index (χ3n) is 4.44. The number of rotatable bonds is 4. The maximum atomic E-state index is 13.7. The molecule has 156 valence electrons. The van der Waals surface area contributed by atoms with Gasteiger partial charge in [-0.05, 0) is 47.5 Å². The van der Waals surface area contributed by atoms with Gasteiger partial charge in [-0.1, -0.05) is 24.3 Å². The minimum absolute atomic E-state index is 0.0392. The molecule has 2 aromatic carbocycles. The molecule has 0 saturated heterocycles. The number of halogens is 4. The van der Waals surface area contributed by atoms with Crippen molar-refractivity contribution in [2.24, 2.45) is 0 Å². The van der Waals surface area contributed by atoms with Gasteiger partial charge in [-0.2, -0.15) is 13.2 Å². The van der Waals surface area contributed by atoms with E-state index in [-0.39, 0.29) is 22.8 Å². The molecule has 0 spiro atoms. The van der Waals surface area contributed by atoms with Crippen LogP contribution in [0, 0.1) is 5.82 Å². The molecule has 0 aliphatic heterocycles. The highest BCUT2D eigenvalue weighted by Gasteiger charge is 2.34. The third-order valence-corrected chi connectivity index (χ3v) is 4.44. The van der Waals surface area contributed by atoms with Crippen LogP contribution in [-0.4, -0.2) is 21.0 Å². The first-order valence-corrected chi connectivity index (χ1v) is 8.86. The quantitative estimate of drug-likeness (QED) is 0.408. The molecule has 9 heteroatoms. The fraction of sp³-hybridized carbons (Fsp3) is 0.0455. The Kier molecular flexibility index (Phi) is 5.02. The Hall–Kier alpha value is -4.01. The minimum Gasteiger partial charge on any atom is -0.478 e. The van der Waals surface area contributed by atoms with E-state index in [0.29, 0.717) is 11.1 Å². The molecule has 31 heavy (non-hydrogen) atoms. The maximum absolute atomic E-state index is 13.7. The monoisotopic (exact) mass is 428 g/mol. The number of benzene rings is 2. The van der Waals surface area contributed by atoms with Crippen molar-refractivity contribution < 1.29 is 31.9 Å². The first kappa shape index (κ1) is 20.3. The fourth-order valence-corrected chi connectivity index (χ4v) is 2.98. The molecule has 0 amide bonds. The summed E-state index contributed by atoms with van der Waals surface area (Å²) < 4.78 is 59.1. The second kappa shape index (κ2) is 7.67. The van der Waals surface area contributed by atoms with Gasteiger partial charge in [-0.15, -0.1) is 0 Å². The van der Waals surface area contributed by atoms with Crippen LogP contribution in [0.25, 0.3) is 34.0 Å². The predicted octanol–water partition coefficient (Wildman–Crippen LogP) is 5.93. The SMILES string of the molecule is O=C(O)c1cc(-c2cccc(-c3nc(-c4ccco4)cc(C(F)(F)F)n3)c2)ccc1F. The van der Waals surface area contributed by atoms with Gasteiger partial charge in [-0.3, -0.25) is 0 Å². The average Bonchev–Trinajstić information content (AvgIpc) is 3.28. The van der Waals surface area contributed by atoms with Gasteiger partial charge < -0.3 is 9.52 Å². The molecular weight excluding hydrogens is 416 g/mol. The van der Waals surface area contributed by atoms with Crippen LogP contribution >= 0.6 is 0 Å². The minimum atomic E-state index is -4.70. The Morgan fingerprint density at radius 3 is 2.32 bits per heavy atom. The second-order valence-electron chi connectivity index (χ2n) is 6.52. The smallest absolute Gasteiger partial charge is 0.433 e. The van der Waals surface area contributed by atoms with Crippen molar-refractivity contribution in [2.45, 2.75) is 6.18 Å². The number of hydrogen-bond donors (Lipinski definition) is 1. The van der Waals surface area contributed by atoms with E-state index >= 15 is 0 Å². The van der Waals surface area contributed by atoms with E-state index in [9.17, 15) is 22.4 Å². The molecule has 0 saturated carbocycles. The van der Waals surface area contributed by atoms with Gasteiger partial charge >= 0.3 is 12.1 Å². The van der Waals surface area contributed by atoms with Crippen LogP contribution in [0.5, 0.6) is 0 Å². The highest BCUT2D eigenvalue weighted by molar-refractivity contribution is 5.90. The van der Waals surface area contributed by atoms with E-state index in [1.807, 2.05) is 0 Å². The van der Waals surface area contributed by atoms with Crippen molar-refractivity contribution in [3.63, 3.8) is 0 Å². The number of alkyl halides is 3. The van der Waals surface area contributed by atoms with Crippen LogP contribution in [-0.2, 0) is 6.18 Å². The molecule has 0 fully saturated rings. The summed E-state index contributed by atoms with van der Waals surface area (Å²) in [5, 5.41) is 9.12. The number of furan rings is 1. The lowest BCUT2D eigenvalue weighted by Gasteiger charge is -2.11. The summed E-state index contributed by atoms with van der Waals surface area (Å²) in [5.74, 6) is -2.37. The largest absolute Gasteiger partial charge is 0.478 e. The molecule has 0 bridgehead atoms. The number of carboxylic acids is 1. The average molecular weight is 428 g/mol. The molecule has 4 rings (SSSR count). The maximum Gasteiger partial charge on any atom is 0.433 e. The number of carbonyl (C=O) groups is 1. The fourth-order valence-electron chi connectivity index (χ4n) is 2.98. The zero-order chi connectivity index (χ0) is 22.2. The summed E-state index contributed by atoms with van der Waals surface area (Å²) in [7, 11) is 0. The molecule has 0 atom stereocenters. The lowest BCUT2D eigenvalue weighted by molar-refractivity contribution is -0.141. The summed E-state index contributed by atoms with van der Waals surface area (Å²) in [6, 6.07) is 13.5. The molecule has 4 aromatic rings.